The molecule has 20 heavy (non-hydrogen) atoms. The minimum Gasteiger partial charge on any atom is -0.379 e. The molecule has 0 bridgehead atoms. The molecule has 1 N–H and O–H groups in total. The topological polar surface area (TPSA) is 24.5 Å². The van der Waals surface area contributed by atoms with Crippen LogP contribution in [-0.2, 0) is 11.2 Å². The Bertz CT molecular complexity index is 327. The summed E-state index contributed by atoms with van der Waals surface area (Å²) in [5.41, 5.74) is 0. The zero-order valence-electron chi connectivity index (χ0n) is 13.4. The van der Waals surface area contributed by atoms with Gasteiger partial charge in [0.1, 0.15) is 0 Å². The van der Waals surface area contributed by atoms with E-state index in [4.69, 9.17) is 4.74 Å². The van der Waals surface area contributed by atoms with Crippen molar-refractivity contribution in [2.24, 2.45) is 0 Å². The standard InChI is InChI=1S/C16H30N2OS/c1-14(2)19-11-6-8-17-9-10-18(4)15(3)13-16-7-5-12-20-16/h5,7,12,14-15,17H,6,8-11,13H2,1-4H3. The molecule has 3 nitrogen and oxygen atoms in total. The molecule has 0 saturated carbocycles. The summed E-state index contributed by atoms with van der Waals surface area (Å²) in [7, 11) is 2.21. The summed E-state index contributed by atoms with van der Waals surface area (Å²) in [6.07, 6.45) is 2.59. The maximum atomic E-state index is 5.52. The van der Waals surface area contributed by atoms with Crippen molar-refractivity contribution < 1.29 is 4.74 Å². The number of hydrogen-bond donors (Lipinski definition) is 1. The zero-order valence-corrected chi connectivity index (χ0v) is 14.2. The van der Waals surface area contributed by atoms with Crippen molar-refractivity contribution in [3.63, 3.8) is 0 Å². The van der Waals surface area contributed by atoms with Gasteiger partial charge in [-0.05, 0) is 58.7 Å². The third-order valence-corrected chi connectivity index (χ3v) is 4.32. The molecule has 1 atom stereocenters. The van der Waals surface area contributed by atoms with Crippen LogP contribution in [0.25, 0.3) is 0 Å². The first-order valence-corrected chi connectivity index (χ1v) is 8.52. The number of hydrogen-bond acceptors (Lipinski definition) is 4. The maximum Gasteiger partial charge on any atom is 0.0518 e. The van der Waals surface area contributed by atoms with E-state index in [1.165, 1.54) is 4.88 Å². The van der Waals surface area contributed by atoms with Gasteiger partial charge in [-0.3, -0.25) is 0 Å². The van der Waals surface area contributed by atoms with Crippen LogP contribution in [-0.4, -0.2) is 50.3 Å². The van der Waals surface area contributed by atoms with E-state index in [1.807, 2.05) is 11.3 Å². The van der Waals surface area contributed by atoms with Crippen molar-refractivity contribution in [2.45, 2.75) is 45.8 Å². The lowest BCUT2D eigenvalue weighted by molar-refractivity contribution is 0.0770. The molecule has 1 aromatic rings. The van der Waals surface area contributed by atoms with E-state index in [0.29, 0.717) is 12.1 Å². The van der Waals surface area contributed by atoms with E-state index >= 15 is 0 Å². The normalized spacial score (nSPS) is 13.3. The van der Waals surface area contributed by atoms with Gasteiger partial charge in [-0.25, -0.2) is 0 Å². The molecule has 0 amide bonds. The van der Waals surface area contributed by atoms with Gasteiger partial charge in [-0.1, -0.05) is 6.07 Å². The number of nitrogens with zero attached hydrogens (tertiary/aromatic N) is 1. The molecule has 0 aliphatic heterocycles. The van der Waals surface area contributed by atoms with Crippen molar-refractivity contribution in [3.05, 3.63) is 22.4 Å². The number of rotatable bonds is 11. The Kier molecular flexibility index (Phi) is 9.10. The molecule has 0 spiro atoms. The van der Waals surface area contributed by atoms with Gasteiger partial charge in [-0.15, -0.1) is 11.3 Å². The second-order valence-corrected chi connectivity index (χ2v) is 6.67. The number of ether oxygens (including phenoxy) is 1. The van der Waals surface area contributed by atoms with Gasteiger partial charge in [0, 0.05) is 30.6 Å². The average molecular weight is 298 g/mol. The minimum atomic E-state index is 0.347. The summed E-state index contributed by atoms with van der Waals surface area (Å²) >= 11 is 1.85. The highest BCUT2D eigenvalue weighted by atomic mass is 32.1. The SMILES string of the molecule is CC(C)OCCCNCCN(C)C(C)Cc1cccs1. The summed E-state index contributed by atoms with van der Waals surface area (Å²) in [6, 6.07) is 4.95. The van der Waals surface area contributed by atoms with Gasteiger partial charge in [-0.2, -0.15) is 0 Å². The summed E-state index contributed by atoms with van der Waals surface area (Å²) in [5.74, 6) is 0. The van der Waals surface area contributed by atoms with E-state index in [9.17, 15) is 0 Å². The minimum absolute atomic E-state index is 0.347. The van der Waals surface area contributed by atoms with E-state index in [2.05, 4.69) is 55.5 Å². The quantitative estimate of drug-likeness (QED) is 0.636. The molecule has 1 aromatic heterocycles. The lowest BCUT2D eigenvalue weighted by Gasteiger charge is -2.24. The molecule has 4 heteroatoms. The van der Waals surface area contributed by atoms with Crippen LogP contribution in [0.2, 0.25) is 0 Å². The second kappa shape index (κ2) is 10.3. The average Bonchev–Trinajstić information content (AvgIpc) is 2.89. The highest BCUT2D eigenvalue weighted by molar-refractivity contribution is 7.09. The van der Waals surface area contributed by atoms with Crippen LogP contribution in [0.4, 0.5) is 0 Å². The molecule has 116 valence electrons. The Labute approximate surface area is 128 Å². The molecule has 1 heterocycles. The third kappa shape index (κ3) is 8.00. The van der Waals surface area contributed by atoms with E-state index in [0.717, 1.165) is 39.1 Å². The molecule has 0 saturated heterocycles. The monoisotopic (exact) mass is 298 g/mol. The number of thiophene rings is 1. The predicted octanol–water partition coefficient (Wildman–Crippen LogP) is 3.02. The van der Waals surface area contributed by atoms with Gasteiger partial charge < -0.3 is 15.0 Å². The third-order valence-electron chi connectivity index (χ3n) is 3.42. The highest BCUT2D eigenvalue weighted by Crippen LogP contribution is 2.13. The van der Waals surface area contributed by atoms with Crippen LogP contribution in [0.5, 0.6) is 0 Å². The fraction of sp³-hybridized carbons (Fsp3) is 0.750. The van der Waals surface area contributed by atoms with Crippen LogP contribution in [0.1, 0.15) is 32.1 Å². The van der Waals surface area contributed by atoms with Crippen molar-refractivity contribution in [3.8, 4) is 0 Å². The van der Waals surface area contributed by atoms with E-state index in [1.54, 1.807) is 0 Å². The van der Waals surface area contributed by atoms with Gasteiger partial charge in [0.15, 0.2) is 0 Å². The lowest BCUT2D eigenvalue weighted by atomic mass is 10.2. The predicted molar refractivity (Wildman–Crippen MR) is 88.7 cm³/mol. The van der Waals surface area contributed by atoms with Crippen LogP contribution >= 0.6 is 11.3 Å². The smallest absolute Gasteiger partial charge is 0.0518 e. The molecule has 0 fully saturated rings. The van der Waals surface area contributed by atoms with Crippen molar-refractivity contribution in [1.29, 1.82) is 0 Å². The Morgan fingerprint density at radius 2 is 2.10 bits per heavy atom. The molecule has 1 unspecified atom stereocenters. The summed E-state index contributed by atoms with van der Waals surface area (Å²) in [5, 5.41) is 5.64. The number of likely N-dealkylation sites (N-methyl/N-ethyl adjacent to an activating group) is 1. The molecular formula is C16H30N2OS. The Balaban J connectivity index is 2.00. The molecule has 1 rings (SSSR count). The van der Waals surface area contributed by atoms with Crippen LogP contribution in [0, 0.1) is 0 Å². The van der Waals surface area contributed by atoms with Crippen LogP contribution in [0.3, 0.4) is 0 Å². The summed E-state index contributed by atoms with van der Waals surface area (Å²) < 4.78 is 5.52. The molecule has 0 radical (unpaired) electrons. The Hall–Kier alpha value is -0.420. The van der Waals surface area contributed by atoms with Crippen molar-refractivity contribution in [1.82, 2.24) is 10.2 Å². The maximum absolute atomic E-state index is 5.52. The number of nitrogens with one attached hydrogen (secondary N) is 1. The first-order chi connectivity index (χ1) is 9.59. The van der Waals surface area contributed by atoms with Gasteiger partial charge in [0.05, 0.1) is 6.10 Å². The molecule has 0 aliphatic rings. The van der Waals surface area contributed by atoms with Crippen LogP contribution < -0.4 is 5.32 Å². The molecular weight excluding hydrogens is 268 g/mol. The largest absolute Gasteiger partial charge is 0.379 e. The van der Waals surface area contributed by atoms with Crippen LogP contribution in [0.15, 0.2) is 17.5 Å². The van der Waals surface area contributed by atoms with Gasteiger partial charge in [0.25, 0.3) is 0 Å². The van der Waals surface area contributed by atoms with E-state index < -0.39 is 0 Å². The first kappa shape index (κ1) is 17.6. The lowest BCUT2D eigenvalue weighted by Crippen LogP contribution is -2.36. The molecule has 0 aromatic carbocycles. The fourth-order valence-corrected chi connectivity index (χ4v) is 2.82. The Morgan fingerprint density at radius 1 is 1.30 bits per heavy atom. The zero-order chi connectivity index (χ0) is 14.8. The van der Waals surface area contributed by atoms with Gasteiger partial charge >= 0.3 is 0 Å². The fourth-order valence-electron chi connectivity index (χ4n) is 1.99. The highest BCUT2D eigenvalue weighted by Gasteiger charge is 2.09. The second-order valence-electron chi connectivity index (χ2n) is 5.64. The first-order valence-electron chi connectivity index (χ1n) is 7.64. The molecule has 0 aliphatic carbocycles. The summed E-state index contributed by atoms with van der Waals surface area (Å²) in [6.45, 7) is 10.5. The summed E-state index contributed by atoms with van der Waals surface area (Å²) in [4.78, 5) is 3.90. The van der Waals surface area contributed by atoms with E-state index in [-0.39, 0.29) is 0 Å². The van der Waals surface area contributed by atoms with Crippen molar-refractivity contribution in [2.75, 3.05) is 33.3 Å². The van der Waals surface area contributed by atoms with Crippen molar-refractivity contribution >= 4 is 11.3 Å². The Morgan fingerprint density at radius 3 is 2.75 bits per heavy atom. The van der Waals surface area contributed by atoms with Gasteiger partial charge in [0.2, 0.25) is 0 Å².